The van der Waals surface area contributed by atoms with Crippen LogP contribution in [0.5, 0.6) is 0 Å². The lowest BCUT2D eigenvalue weighted by Gasteiger charge is -2.44. The van der Waals surface area contributed by atoms with Gasteiger partial charge in [-0.1, -0.05) is 23.7 Å². The van der Waals surface area contributed by atoms with Crippen LogP contribution in [0.3, 0.4) is 0 Å². The Hall–Kier alpha value is -2.64. The molecule has 0 fully saturated rings. The topological polar surface area (TPSA) is 67.2 Å². The molecule has 4 rings (SSSR count). The van der Waals surface area contributed by atoms with Crippen molar-refractivity contribution in [3.8, 4) is 10.6 Å². The SMILES string of the molecule is Cc1ccc(N2C(=O)c3cc(-c4cccs4)nn3CC2(C)C(=O)NC(C)(C)C)c(Cl)c1. The highest BCUT2D eigenvalue weighted by molar-refractivity contribution is 7.13. The second-order valence-electron chi connectivity index (χ2n) is 9.12. The molecule has 2 amide bonds. The van der Waals surface area contributed by atoms with E-state index < -0.39 is 11.1 Å². The van der Waals surface area contributed by atoms with Crippen LogP contribution >= 0.6 is 22.9 Å². The van der Waals surface area contributed by atoms with Gasteiger partial charge in [0.25, 0.3) is 5.91 Å². The fourth-order valence-electron chi connectivity index (χ4n) is 3.77. The molecule has 1 aliphatic heterocycles. The zero-order valence-electron chi connectivity index (χ0n) is 18.2. The summed E-state index contributed by atoms with van der Waals surface area (Å²) in [7, 11) is 0. The van der Waals surface area contributed by atoms with E-state index in [1.807, 2.05) is 51.3 Å². The van der Waals surface area contributed by atoms with E-state index in [2.05, 4.69) is 10.4 Å². The van der Waals surface area contributed by atoms with Crippen LogP contribution in [0.4, 0.5) is 5.69 Å². The second kappa shape index (κ2) is 7.50. The van der Waals surface area contributed by atoms with Crippen molar-refractivity contribution < 1.29 is 9.59 Å². The first-order valence-electron chi connectivity index (χ1n) is 10.0. The van der Waals surface area contributed by atoms with Gasteiger partial charge < -0.3 is 5.32 Å². The van der Waals surface area contributed by atoms with Gasteiger partial charge in [-0.3, -0.25) is 19.2 Å². The van der Waals surface area contributed by atoms with Crippen molar-refractivity contribution in [1.29, 1.82) is 0 Å². The second-order valence-corrected chi connectivity index (χ2v) is 10.5. The lowest BCUT2D eigenvalue weighted by Crippen LogP contribution is -2.66. The lowest BCUT2D eigenvalue weighted by molar-refractivity contribution is -0.128. The van der Waals surface area contributed by atoms with Gasteiger partial charge in [0.15, 0.2) is 0 Å². The molecule has 2 aromatic heterocycles. The predicted octanol–water partition coefficient (Wildman–Crippen LogP) is 4.91. The minimum absolute atomic E-state index is 0.214. The number of nitrogens with zero attached hydrogens (tertiary/aromatic N) is 3. The van der Waals surface area contributed by atoms with Crippen LogP contribution in [0.2, 0.25) is 5.02 Å². The summed E-state index contributed by atoms with van der Waals surface area (Å²) in [6, 6.07) is 11.2. The van der Waals surface area contributed by atoms with Gasteiger partial charge in [-0.2, -0.15) is 5.10 Å². The Morgan fingerprint density at radius 1 is 1.26 bits per heavy atom. The molecule has 3 heterocycles. The molecule has 31 heavy (non-hydrogen) atoms. The van der Waals surface area contributed by atoms with Crippen LogP contribution in [0.15, 0.2) is 41.8 Å². The Morgan fingerprint density at radius 3 is 2.61 bits per heavy atom. The first-order chi connectivity index (χ1) is 14.5. The third-order valence-electron chi connectivity index (χ3n) is 5.25. The van der Waals surface area contributed by atoms with Gasteiger partial charge in [0.05, 0.1) is 22.1 Å². The smallest absolute Gasteiger partial charge is 0.277 e. The van der Waals surface area contributed by atoms with Crippen LogP contribution in [-0.4, -0.2) is 32.7 Å². The van der Waals surface area contributed by atoms with E-state index in [1.54, 1.807) is 41.1 Å². The van der Waals surface area contributed by atoms with Gasteiger partial charge in [-0.25, -0.2) is 0 Å². The number of amides is 2. The van der Waals surface area contributed by atoms with Crippen molar-refractivity contribution in [2.45, 2.75) is 52.2 Å². The molecular formula is C23H25ClN4O2S. The number of benzene rings is 1. The third-order valence-corrected chi connectivity index (χ3v) is 6.44. The number of halogens is 1. The average molecular weight is 457 g/mol. The molecule has 162 valence electrons. The standard InChI is InChI=1S/C23H25ClN4O2S/c1-14-8-9-17(15(24)11-14)28-20(29)18-12-16(19-7-6-10-31-19)26-27(18)13-23(28,5)21(30)25-22(2,3)4/h6-12H,13H2,1-5H3,(H,25,30). The molecule has 6 nitrogen and oxygen atoms in total. The number of nitrogens with one attached hydrogen (secondary N) is 1. The Kier molecular flexibility index (Phi) is 5.22. The fourth-order valence-corrected chi connectivity index (χ4v) is 4.77. The summed E-state index contributed by atoms with van der Waals surface area (Å²) in [6.45, 7) is 9.65. The molecule has 0 aliphatic carbocycles. The third kappa shape index (κ3) is 3.88. The normalized spacial score (nSPS) is 18.8. The van der Waals surface area contributed by atoms with E-state index in [4.69, 9.17) is 11.6 Å². The summed E-state index contributed by atoms with van der Waals surface area (Å²) in [5.74, 6) is -0.567. The van der Waals surface area contributed by atoms with Crippen LogP contribution < -0.4 is 10.2 Å². The quantitative estimate of drug-likeness (QED) is 0.609. The molecule has 3 aromatic rings. The van der Waals surface area contributed by atoms with Gasteiger partial charge in [0.2, 0.25) is 5.91 Å². The maximum absolute atomic E-state index is 13.8. The van der Waals surface area contributed by atoms with Crippen molar-refractivity contribution in [1.82, 2.24) is 15.1 Å². The van der Waals surface area contributed by atoms with Crippen molar-refractivity contribution in [3.05, 3.63) is 58.1 Å². The summed E-state index contributed by atoms with van der Waals surface area (Å²) in [4.78, 5) is 29.7. The molecule has 0 radical (unpaired) electrons. The van der Waals surface area contributed by atoms with E-state index >= 15 is 0 Å². The number of aromatic nitrogens is 2. The molecular weight excluding hydrogens is 432 g/mol. The summed E-state index contributed by atoms with van der Waals surface area (Å²) in [5, 5.41) is 10.1. The van der Waals surface area contributed by atoms with Crippen LogP contribution in [0, 0.1) is 6.92 Å². The summed E-state index contributed by atoms with van der Waals surface area (Å²) < 4.78 is 1.64. The van der Waals surface area contributed by atoms with E-state index in [1.165, 1.54) is 4.90 Å². The number of carbonyl (C=O) groups is 2. The van der Waals surface area contributed by atoms with E-state index in [9.17, 15) is 9.59 Å². The van der Waals surface area contributed by atoms with Gasteiger partial charge in [0.1, 0.15) is 16.9 Å². The Morgan fingerprint density at radius 2 is 2.00 bits per heavy atom. The zero-order valence-corrected chi connectivity index (χ0v) is 19.8. The Balaban J connectivity index is 1.87. The van der Waals surface area contributed by atoms with Gasteiger partial charge in [0, 0.05) is 5.54 Å². The number of rotatable bonds is 3. The molecule has 1 aliphatic rings. The molecule has 0 spiro atoms. The number of anilines is 1. The lowest BCUT2D eigenvalue weighted by atomic mass is 9.92. The first-order valence-corrected chi connectivity index (χ1v) is 11.3. The molecule has 1 N–H and O–H groups in total. The summed E-state index contributed by atoms with van der Waals surface area (Å²) in [5.41, 5.74) is 0.959. The van der Waals surface area contributed by atoms with Crippen LogP contribution in [-0.2, 0) is 11.3 Å². The van der Waals surface area contributed by atoms with Gasteiger partial charge in [-0.15, -0.1) is 11.3 Å². The highest BCUT2D eigenvalue weighted by atomic mass is 35.5. The number of fused-ring (bicyclic) bond motifs is 1. The predicted molar refractivity (Wildman–Crippen MR) is 125 cm³/mol. The van der Waals surface area contributed by atoms with E-state index in [0.29, 0.717) is 22.1 Å². The van der Waals surface area contributed by atoms with Gasteiger partial charge >= 0.3 is 0 Å². The fraction of sp³-hybridized carbons (Fsp3) is 0.348. The summed E-state index contributed by atoms with van der Waals surface area (Å²) >= 11 is 8.12. The molecule has 0 saturated carbocycles. The largest absolute Gasteiger partial charge is 0.349 e. The monoisotopic (exact) mass is 456 g/mol. The van der Waals surface area contributed by atoms with E-state index in [-0.39, 0.29) is 18.4 Å². The highest BCUT2D eigenvalue weighted by Crippen LogP contribution is 2.38. The Bertz CT molecular complexity index is 1160. The maximum atomic E-state index is 13.8. The average Bonchev–Trinajstić information content (AvgIpc) is 3.31. The highest BCUT2D eigenvalue weighted by Gasteiger charge is 2.50. The molecule has 0 bridgehead atoms. The first kappa shape index (κ1) is 21.6. The minimum atomic E-state index is -1.21. The summed E-state index contributed by atoms with van der Waals surface area (Å²) in [6.07, 6.45) is 0. The van der Waals surface area contributed by atoms with E-state index in [0.717, 1.165) is 10.4 Å². The number of carbonyl (C=O) groups excluding carboxylic acids is 2. The molecule has 1 atom stereocenters. The molecule has 1 aromatic carbocycles. The van der Waals surface area contributed by atoms with Gasteiger partial charge in [-0.05, 0) is 69.8 Å². The van der Waals surface area contributed by atoms with Crippen molar-refractivity contribution in [2.75, 3.05) is 4.90 Å². The number of hydrogen-bond donors (Lipinski definition) is 1. The molecule has 1 unspecified atom stereocenters. The molecule has 0 saturated heterocycles. The van der Waals surface area contributed by atoms with Crippen LogP contribution in [0.1, 0.15) is 43.7 Å². The number of hydrogen-bond acceptors (Lipinski definition) is 4. The van der Waals surface area contributed by atoms with Crippen LogP contribution in [0.25, 0.3) is 10.6 Å². The molecule has 8 heteroatoms. The zero-order chi connectivity index (χ0) is 22.6. The number of thiophene rings is 1. The van der Waals surface area contributed by atoms with Crippen molar-refractivity contribution in [2.24, 2.45) is 0 Å². The Labute approximate surface area is 190 Å². The van der Waals surface area contributed by atoms with Crippen molar-refractivity contribution >= 4 is 40.4 Å². The maximum Gasteiger partial charge on any atom is 0.277 e. The number of aryl methyl sites for hydroxylation is 1. The minimum Gasteiger partial charge on any atom is -0.349 e. The van der Waals surface area contributed by atoms with Crippen molar-refractivity contribution in [3.63, 3.8) is 0 Å².